The average Bonchev–Trinajstić information content (AvgIpc) is 2.83. The highest BCUT2D eigenvalue weighted by atomic mass is 32.2. The molecule has 20 heavy (non-hydrogen) atoms. The number of thioether (sulfide) groups is 1. The summed E-state index contributed by atoms with van der Waals surface area (Å²) in [5.41, 5.74) is 0. The van der Waals surface area contributed by atoms with Crippen molar-refractivity contribution in [1.29, 1.82) is 0 Å². The van der Waals surface area contributed by atoms with E-state index in [1.165, 1.54) is 23.9 Å². The quantitative estimate of drug-likeness (QED) is 0.915. The Morgan fingerprint density at radius 1 is 1.55 bits per heavy atom. The zero-order valence-electron chi connectivity index (χ0n) is 10.7. The van der Waals surface area contributed by atoms with E-state index in [1.54, 1.807) is 6.92 Å². The molecule has 0 spiro atoms. The summed E-state index contributed by atoms with van der Waals surface area (Å²) in [6, 6.07) is 3.50. The monoisotopic (exact) mass is 319 g/mol. The van der Waals surface area contributed by atoms with E-state index >= 15 is 0 Å². The molecular weight excluding hydrogens is 305 g/mol. The lowest BCUT2D eigenvalue weighted by molar-refractivity contribution is -0.140. The third-order valence-corrected chi connectivity index (χ3v) is 6.54. The number of hydrogen-bond acceptors (Lipinski definition) is 4. The van der Waals surface area contributed by atoms with Crippen LogP contribution in [0.2, 0.25) is 0 Å². The molecule has 2 unspecified atom stereocenters. The van der Waals surface area contributed by atoms with Crippen LogP contribution in [0, 0.1) is 5.82 Å². The molecule has 2 rings (SSSR count). The second-order valence-electron chi connectivity index (χ2n) is 4.34. The van der Waals surface area contributed by atoms with E-state index in [-0.39, 0.29) is 10.6 Å². The summed E-state index contributed by atoms with van der Waals surface area (Å²) in [7, 11) is -4.02. The van der Waals surface area contributed by atoms with Crippen LogP contribution >= 0.6 is 11.8 Å². The van der Waals surface area contributed by atoms with Crippen LogP contribution in [0.25, 0.3) is 0 Å². The maximum atomic E-state index is 13.2. The lowest BCUT2D eigenvalue weighted by atomic mass is 10.3. The summed E-state index contributed by atoms with van der Waals surface area (Å²) in [6.45, 7) is 1.79. The van der Waals surface area contributed by atoms with Crippen LogP contribution in [-0.2, 0) is 14.8 Å². The summed E-state index contributed by atoms with van der Waals surface area (Å²) < 4.78 is 39.3. The van der Waals surface area contributed by atoms with Crippen molar-refractivity contribution in [3.8, 4) is 0 Å². The molecular formula is C12H14FNO4S2. The number of carbonyl (C=O) groups is 1. The Balaban J connectivity index is 2.47. The van der Waals surface area contributed by atoms with Gasteiger partial charge in [0.05, 0.1) is 10.3 Å². The highest BCUT2D eigenvalue weighted by Gasteiger charge is 2.45. The summed E-state index contributed by atoms with van der Waals surface area (Å²) in [4.78, 5) is 11.0. The highest BCUT2D eigenvalue weighted by molar-refractivity contribution is 8.01. The van der Waals surface area contributed by atoms with Crippen LogP contribution in [0.15, 0.2) is 29.2 Å². The molecule has 8 heteroatoms. The van der Waals surface area contributed by atoms with Gasteiger partial charge in [-0.25, -0.2) is 12.8 Å². The second-order valence-corrected chi connectivity index (χ2v) is 7.40. The van der Waals surface area contributed by atoms with E-state index in [1.807, 2.05) is 0 Å². The SMILES string of the molecule is CCC1SCC(C(=O)O)N1S(=O)(=O)c1cccc(F)c1. The van der Waals surface area contributed by atoms with E-state index in [2.05, 4.69) is 0 Å². The number of sulfonamides is 1. The van der Waals surface area contributed by atoms with E-state index in [4.69, 9.17) is 5.11 Å². The van der Waals surface area contributed by atoms with Gasteiger partial charge < -0.3 is 5.11 Å². The van der Waals surface area contributed by atoms with Crippen molar-refractivity contribution in [2.24, 2.45) is 0 Å². The Hall–Kier alpha value is -1.12. The molecule has 0 radical (unpaired) electrons. The highest BCUT2D eigenvalue weighted by Crippen LogP contribution is 2.36. The van der Waals surface area contributed by atoms with Gasteiger partial charge in [-0.05, 0) is 24.6 Å². The third-order valence-electron chi connectivity index (χ3n) is 3.04. The molecule has 1 saturated heterocycles. The molecule has 0 aliphatic carbocycles. The van der Waals surface area contributed by atoms with Crippen molar-refractivity contribution in [2.45, 2.75) is 29.7 Å². The molecule has 0 saturated carbocycles. The number of nitrogens with zero attached hydrogens (tertiary/aromatic N) is 1. The molecule has 0 amide bonds. The zero-order chi connectivity index (χ0) is 14.9. The fraction of sp³-hybridized carbons (Fsp3) is 0.417. The Morgan fingerprint density at radius 2 is 2.25 bits per heavy atom. The van der Waals surface area contributed by atoms with Crippen LogP contribution in [0.5, 0.6) is 0 Å². The van der Waals surface area contributed by atoms with Crippen LogP contribution < -0.4 is 0 Å². The predicted octanol–water partition coefficient (Wildman–Crippen LogP) is 1.75. The molecule has 1 heterocycles. The molecule has 5 nitrogen and oxygen atoms in total. The summed E-state index contributed by atoms with van der Waals surface area (Å²) in [6.07, 6.45) is 0.489. The Morgan fingerprint density at radius 3 is 2.80 bits per heavy atom. The first kappa shape index (κ1) is 15.3. The van der Waals surface area contributed by atoms with Crippen LogP contribution in [0.3, 0.4) is 0 Å². The number of carboxylic acid groups (broad SMARTS) is 1. The average molecular weight is 319 g/mol. The third kappa shape index (κ3) is 2.68. The zero-order valence-corrected chi connectivity index (χ0v) is 12.3. The minimum Gasteiger partial charge on any atom is -0.480 e. The van der Waals surface area contributed by atoms with Crippen LogP contribution in [-0.4, -0.2) is 41.0 Å². The largest absolute Gasteiger partial charge is 0.480 e. The number of carboxylic acids is 1. The molecule has 1 N–H and O–H groups in total. The van der Waals surface area contributed by atoms with E-state index in [9.17, 15) is 17.6 Å². The maximum absolute atomic E-state index is 13.2. The molecule has 1 aliphatic heterocycles. The standard InChI is InChI=1S/C12H14FNO4S2/c1-2-11-14(10(7-19-11)12(15)16)20(17,18)9-5-3-4-8(13)6-9/h3-6,10-11H,2,7H2,1H3,(H,15,16). The lowest BCUT2D eigenvalue weighted by Gasteiger charge is -2.25. The smallest absolute Gasteiger partial charge is 0.322 e. The van der Waals surface area contributed by atoms with Crippen molar-refractivity contribution < 1.29 is 22.7 Å². The first-order chi connectivity index (χ1) is 9.37. The maximum Gasteiger partial charge on any atom is 0.322 e. The molecule has 1 aliphatic rings. The fourth-order valence-corrected chi connectivity index (χ4v) is 5.67. The summed E-state index contributed by atoms with van der Waals surface area (Å²) in [5.74, 6) is -1.66. The van der Waals surface area contributed by atoms with Gasteiger partial charge in [0.25, 0.3) is 0 Å². The summed E-state index contributed by atoms with van der Waals surface area (Å²) in [5, 5.41) is 8.73. The number of halogens is 1. The first-order valence-electron chi connectivity index (χ1n) is 6.01. The van der Waals surface area contributed by atoms with Crippen molar-refractivity contribution >= 4 is 27.8 Å². The van der Waals surface area contributed by atoms with E-state index in [0.29, 0.717) is 6.42 Å². The van der Waals surface area contributed by atoms with E-state index < -0.39 is 33.2 Å². The minimum absolute atomic E-state index is 0.197. The predicted molar refractivity (Wildman–Crippen MR) is 73.4 cm³/mol. The first-order valence-corrected chi connectivity index (χ1v) is 8.50. The fourth-order valence-electron chi connectivity index (χ4n) is 2.10. The van der Waals surface area contributed by atoms with Crippen molar-refractivity contribution in [2.75, 3.05) is 5.75 Å². The number of rotatable bonds is 4. The molecule has 2 atom stereocenters. The van der Waals surface area contributed by atoms with E-state index in [0.717, 1.165) is 16.4 Å². The number of aliphatic carboxylic acids is 1. The summed E-state index contributed by atoms with van der Waals surface area (Å²) >= 11 is 1.28. The topological polar surface area (TPSA) is 74.7 Å². The molecule has 1 fully saturated rings. The Kier molecular flexibility index (Phi) is 4.36. The van der Waals surface area contributed by atoms with Crippen molar-refractivity contribution in [1.82, 2.24) is 4.31 Å². The number of benzene rings is 1. The molecule has 0 bridgehead atoms. The number of hydrogen-bond donors (Lipinski definition) is 1. The van der Waals surface area contributed by atoms with Gasteiger partial charge in [-0.2, -0.15) is 4.31 Å². The minimum atomic E-state index is -4.02. The molecule has 1 aromatic rings. The van der Waals surface area contributed by atoms with Gasteiger partial charge in [-0.15, -0.1) is 11.8 Å². The van der Waals surface area contributed by atoms with Crippen molar-refractivity contribution in [3.63, 3.8) is 0 Å². The Labute approximate surface area is 120 Å². The van der Waals surface area contributed by atoms with Crippen molar-refractivity contribution in [3.05, 3.63) is 30.1 Å². The Bertz CT molecular complexity index is 620. The molecule has 110 valence electrons. The van der Waals surface area contributed by atoms with Gasteiger partial charge in [-0.3, -0.25) is 4.79 Å². The van der Waals surface area contributed by atoms with Gasteiger partial charge in [0, 0.05) is 5.75 Å². The van der Waals surface area contributed by atoms with Gasteiger partial charge in [0.15, 0.2) is 0 Å². The van der Waals surface area contributed by atoms with Gasteiger partial charge in [0.1, 0.15) is 11.9 Å². The second kappa shape index (κ2) is 5.71. The van der Waals surface area contributed by atoms with Gasteiger partial charge in [-0.1, -0.05) is 13.0 Å². The van der Waals surface area contributed by atoms with Crippen LogP contribution in [0.4, 0.5) is 4.39 Å². The lowest BCUT2D eigenvalue weighted by Crippen LogP contribution is -2.45. The molecule has 1 aromatic carbocycles. The van der Waals surface area contributed by atoms with Crippen LogP contribution in [0.1, 0.15) is 13.3 Å². The normalized spacial score (nSPS) is 23.9. The molecule has 0 aromatic heterocycles. The van der Waals surface area contributed by atoms with Gasteiger partial charge in [0.2, 0.25) is 10.0 Å². The van der Waals surface area contributed by atoms with Gasteiger partial charge >= 0.3 is 5.97 Å².